The molecule has 82 valence electrons. The van der Waals surface area contributed by atoms with Crippen LogP contribution in [0.1, 0.15) is 26.7 Å². The van der Waals surface area contributed by atoms with Gasteiger partial charge >= 0.3 is 0 Å². The molecule has 0 unspecified atom stereocenters. The second-order valence-electron chi connectivity index (χ2n) is 3.50. The van der Waals surface area contributed by atoms with Crippen LogP contribution in [0.3, 0.4) is 0 Å². The topological polar surface area (TPSA) is 60.7 Å². The van der Waals surface area contributed by atoms with Crippen LogP contribution in [0, 0.1) is 0 Å². The van der Waals surface area contributed by atoms with Crippen LogP contribution in [-0.2, 0) is 0 Å². The molecular formula is C11H20O3. The molecule has 14 heavy (non-hydrogen) atoms. The van der Waals surface area contributed by atoms with E-state index < -0.39 is 11.7 Å². The molecule has 0 spiro atoms. The predicted molar refractivity (Wildman–Crippen MR) is 56.9 cm³/mol. The fourth-order valence-electron chi connectivity index (χ4n) is 1.11. The second-order valence-corrected chi connectivity index (χ2v) is 3.50. The van der Waals surface area contributed by atoms with Crippen LogP contribution < -0.4 is 0 Å². The zero-order valence-electron chi connectivity index (χ0n) is 8.85. The Bertz CT molecular complexity index is 197. The van der Waals surface area contributed by atoms with Crippen molar-refractivity contribution in [2.45, 2.75) is 38.4 Å². The summed E-state index contributed by atoms with van der Waals surface area (Å²) in [6.45, 7) is 3.31. The van der Waals surface area contributed by atoms with Crippen molar-refractivity contribution in [3.05, 3.63) is 24.3 Å². The number of hydrogen-bond donors (Lipinski definition) is 3. The lowest BCUT2D eigenvalue weighted by Gasteiger charge is -2.20. The van der Waals surface area contributed by atoms with Gasteiger partial charge in [0.2, 0.25) is 0 Å². The first-order valence-electron chi connectivity index (χ1n) is 4.91. The average Bonchev–Trinajstić information content (AvgIpc) is 2.13. The van der Waals surface area contributed by atoms with Crippen molar-refractivity contribution in [3.63, 3.8) is 0 Å². The summed E-state index contributed by atoms with van der Waals surface area (Å²) in [5.41, 5.74) is -1.13. The van der Waals surface area contributed by atoms with Crippen molar-refractivity contribution in [2.24, 2.45) is 0 Å². The lowest BCUT2D eigenvalue weighted by molar-refractivity contribution is 0.0198. The number of hydrogen-bond acceptors (Lipinski definition) is 3. The molecular weight excluding hydrogens is 180 g/mol. The van der Waals surface area contributed by atoms with Gasteiger partial charge in [-0.2, -0.15) is 0 Å². The highest BCUT2D eigenvalue weighted by molar-refractivity contribution is 5.10. The Morgan fingerprint density at radius 2 is 2.00 bits per heavy atom. The van der Waals surface area contributed by atoms with Gasteiger partial charge in [-0.15, -0.1) is 0 Å². The molecule has 0 rings (SSSR count). The second kappa shape index (κ2) is 6.76. The molecule has 0 heterocycles. The monoisotopic (exact) mass is 200 g/mol. The summed E-state index contributed by atoms with van der Waals surface area (Å²) in [6.07, 6.45) is 7.28. The highest BCUT2D eigenvalue weighted by Gasteiger charge is 2.19. The Labute approximate surface area is 85.4 Å². The molecule has 0 aliphatic heterocycles. The molecule has 2 atom stereocenters. The maximum absolute atomic E-state index is 9.75. The van der Waals surface area contributed by atoms with E-state index in [-0.39, 0.29) is 6.61 Å². The maximum Gasteiger partial charge on any atom is 0.106 e. The standard InChI is InChI=1S/C11H20O3/c1-3-7-11(14,9-12)8-5-4-6-10(2)13/h4-6,8,10,12-14H,3,7,9H2,1-2H3/b6-4+,8-5+/t10-,11-/m1/s1. The van der Waals surface area contributed by atoms with Gasteiger partial charge in [-0.1, -0.05) is 37.6 Å². The Balaban J connectivity index is 4.16. The zero-order valence-corrected chi connectivity index (χ0v) is 8.85. The van der Waals surface area contributed by atoms with E-state index in [1.54, 1.807) is 31.2 Å². The van der Waals surface area contributed by atoms with Crippen LogP contribution in [0.15, 0.2) is 24.3 Å². The van der Waals surface area contributed by atoms with Gasteiger partial charge in [-0.3, -0.25) is 0 Å². The van der Waals surface area contributed by atoms with E-state index in [0.717, 1.165) is 6.42 Å². The lowest BCUT2D eigenvalue weighted by atomic mass is 9.98. The Morgan fingerprint density at radius 1 is 1.36 bits per heavy atom. The Kier molecular flexibility index (Phi) is 6.45. The van der Waals surface area contributed by atoms with Gasteiger partial charge in [-0.25, -0.2) is 0 Å². The van der Waals surface area contributed by atoms with Crippen LogP contribution in [0.2, 0.25) is 0 Å². The summed E-state index contributed by atoms with van der Waals surface area (Å²) in [5, 5.41) is 27.6. The quantitative estimate of drug-likeness (QED) is 0.561. The fraction of sp³-hybridized carbons (Fsp3) is 0.636. The number of aliphatic hydroxyl groups is 3. The molecule has 0 aromatic rings. The van der Waals surface area contributed by atoms with E-state index in [2.05, 4.69) is 0 Å². The van der Waals surface area contributed by atoms with Crippen LogP contribution in [0.4, 0.5) is 0 Å². The SMILES string of the molecule is CCC[C@@](O)(/C=C/C=C/[C@@H](C)O)CO. The van der Waals surface area contributed by atoms with Gasteiger partial charge in [-0.05, 0) is 13.3 Å². The minimum Gasteiger partial charge on any atom is -0.393 e. The third-order valence-electron chi connectivity index (χ3n) is 1.86. The van der Waals surface area contributed by atoms with Gasteiger partial charge in [0.25, 0.3) is 0 Å². The van der Waals surface area contributed by atoms with Crippen LogP contribution in [-0.4, -0.2) is 33.6 Å². The van der Waals surface area contributed by atoms with E-state index in [9.17, 15) is 5.11 Å². The van der Waals surface area contributed by atoms with Crippen molar-refractivity contribution in [1.29, 1.82) is 0 Å². The van der Waals surface area contributed by atoms with E-state index in [1.165, 1.54) is 0 Å². The Morgan fingerprint density at radius 3 is 2.43 bits per heavy atom. The Hall–Kier alpha value is -0.640. The first-order chi connectivity index (χ1) is 6.54. The first kappa shape index (κ1) is 13.4. The van der Waals surface area contributed by atoms with Crippen molar-refractivity contribution >= 4 is 0 Å². The largest absolute Gasteiger partial charge is 0.393 e. The molecule has 0 bridgehead atoms. The van der Waals surface area contributed by atoms with Crippen LogP contribution in [0.25, 0.3) is 0 Å². The molecule has 0 aliphatic rings. The van der Waals surface area contributed by atoms with Crippen LogP contribution >= 0.6 is 0 Å². The minimum absolute atomic E-state index is 0.278. The van der Waals surface area contributed by atoms with Gasteiger partial charge in [0.15, 0.2) is 0 Å². The molecule has 0 saturated heterocycles. The third kappa shape index (κ3) is 5.91. The van der Waals surface area contributed by atoms with Crippen molar-refractivity contribution < 1.29 is 15.3 Å². The number of aliphatic hydroxyl groups excluding tert-OH is 2. The molecule has 0 aromatic carbocycles. The van der Waals surface area contributed by atoms with E-state index >= 15 is 0 Å². The summed E-state index contributed by atoms with van der Waals surface area (Å²) < 4.78 is 0. The summed E-state index contributed by atoms with van der Waals surface area (Å²) in [6, 6.07) is 0. The van der Waals surface area contributed by atoms with Gasteiger partial charge in [0.1, 0.15) is 5.60 Å². The van der Waals surface area contributed by atoms with Crippen molar-refractivity contribution in [2.75, 3.05) is 6.61 Å². The summed E-state index contributed by atoms with van der Waals surface area (Å²) in [4.78, 5) is 0. The predicted octanol–water partition coefficient (Wildman–Crippen LogP) is 1.00. The molecule has 0 amide bonds. The highest BCUT2D eigenvalue weighted by Crippen LogP contribution is 2.13. The van der Waals surface area contributed by atoms with E-state index in [0.29, 0.717) is 6.42 Å². The third-order valence-corrected chi connectivity index (χ3v) is 1.86. The molecule has 0 aromatic heterocycles. The number of rotatable bonds is 6. The smallest absolute Gasteiger partial charge is 0.106 e. The normalized spacial score (nSPS) is 18.9. The molecule has 3 N–H and O–H groups in total. The van der Waals surface area contributed by atoms with Gasteiger partial charge in [0, 0.05) is 0 Å². The molecule has 0 aliphatic carbocycles. The number of allylic oxidation sites excluding steroid dienone is 2. The molecule has 3 nitrogen and oxygen atoms in total. The van der Waals surface area contributed by atoms with Crippen molar-refractivity contribution in [3.8, 4) is 0 Å². The summed E-state index contributed by atoms with van der Waals surface area (Å²) in [7, 11) is 0. The molecule has 0 saturated carbocycles. The average molecular weight is 200 g/mol. The lowest BCUT2D eigenvalue weighted by Crippen LogP contribution is -2.30. The molecule has 0 fully saturated rings. The van der Waals surface area contributed by atoms with E-state index in [1.807, 2.05) is 6.92 Å². The van der Waals surface area contributed by atoms with Crippen molar-refractivity contribution in [1.82, 2.24) is 0 Å². The van der Waals surface area contributed by atoms with Gasteiger partial charge in [0.05, 0.1) is 12.7 Å². The summed E-state index contributed by atoms with van der Waals surface area (Å²) in [5.74, 6) is 0. The summed E-state index contributed by atoms with van der Waals surface area (Å²) >= 11 is 0. The van der Waals surface area contributed by atoms with Crippen LogP contribution in [0.5, 0.6) is 0 Å². The van der Waals surface area contributed by atoms with Gasteiger partial charge < -0.3 is 15.3 Å². The zero-order chi connectivity index (χ0) is 11.0. The highest BCUT2D eigenvalue weighted by atomic mass is 16.3. The van der Waals surface area contributed by atoms with E-state index in [4.69, 9.17) is 10.2 Å². The minimum atomic E-state index is -1.13. The fourth-order valence-corrected chi connectivity index (χ4v) is 1.11. The first-order valence-corrected chi connectivity index (χ1v) is 4.91. The maximum atomic E-state index is 9.75. The molecule has 0 radical (unpaired) electrons. The molecule has 3 heteroatoms.